The largest absolute Gasteiger partial charge is 0.377 e. The van der Waals surface area contributed by atoms with E-state index in [9.17, 15) is 13.2 Å². The Balaban J connectivity index is 1.99. The van der Waals surface area contributed by atoms with Crippen molar-refractivity contribution in [1.82, 2.24) is 5.32 Å². The molecule has 1 heterocycles. The van der Waals surface area contributed by atoms with Gasteiger partial charge in [-0.3, -0.25) is 4.79 Å². The third kappa shape index (κ3) is 2.16. The maximum absolute atomic E-state index is 12.4. The summed E-state index contributed by atoms with van der Waals surface area (Å²) >= 11 is 0. The molecule has 1 amide bonds. The summed E-state index contributed by atoms with van der Waals surface area (Å²) in [7, 11) is -3.08. The summed E-state index contributed by atoms with van der Waals surface area (Å²) in [5.41, 5.74) is 4.95. The standard InChI is InChI=1S/C13H24N2O4S/c1-4-20(17,18)8-6-15-11(16)13(14)9-5-7-19-10(9)12(13,2)3/h9-10H,4-8,14H2,1-3H3,(H,15,16). The SMILES string of the molecule is CCS(=O)(=O)CCNC(=O)C1(N)C2CCOC2C1(C)C. The summed E-state index contributed by atoms with van der Waals surface area (Å²) in [6, 6.07) is 0. The molecule has 2 fully saturated rings. The lowest BCUT2D eigenvalue weighted by atomic mass is 9.48. The van der Waals surface area contributed by atoms with Gasteiger partial charge < -0.3 is 15.8 Å². The zero-order valence-corrected chi connectivity index (χ0v) is 13.1. The summed E-state index contributed by atoms with van der Waals surface area (Å²) in [6.07, 6.45) is 0.809. The van der Waals surface area contributed by atoms with Crippen LogP contribution in [0.5, 0.6) is 0 Å². The monoisotopic (exact) mass is 304 g/mol. The molecule has 1 saturated carbocycles. The number of hydrogen-bond acceptors (Lipinski definition) is 5. The highest BCUT2D eigenvalue weighted by Gasteiger charge is 2.71. The van der Waals surface area contributed by atoms with Crippen LogP contribution in [0.25, 0.3) is 0 Å². The number of fused-ring (bicyclic) bond motifs is 1. The van der Waals surface area contributed by atoms with E-state index in [0.29, 0.717) is 6.61 Å². The van der Waals surface area contributed by atoms with Crippen LogP contribution in [0, 0.1) is 11.3 Å². The van der Waals surface area contributed by atoms with Gasteiger partial charge >= 0.3 is 0 Å². The van der Waals surface area contributed by atoms with E-state index >= 15 is 0 Å². The second-order valence-electron chi connectivity index (χ2n) is 6.27. The molecule has 1 aliphatic heterocycles. The van der Waals surface area contributed by atoms with Crippen LogP contribution in [-0.2, 0) is 19.4 Å². The van der Waals surface area contributed by atoms with E-state index in [1.807, 2.05) is 13.8 Å². The first-order valence-corrected chi connectivity index (χ1v) is 8.88. The number of sulfone groups is 1. The van der Waals surface area contributed by atoms with Gasteiger partial charge in [0, 0.05) is 30.2 Å². The van der Waals surface area contributed by atoms with Crippen LogP contribution in [0.3, 0.4) is 0 Å². The predicted molar refractivity (Wildman–Crippen MR) is 75.9 cm³/mol. The van der Waals surface area contributed by atoms with Crippen molar-refractivity contribution in [2.24, 2.45) is 17.1 Å². The lowest BCUT2D eigenvalue weighted by Crippen LogP contribution is -2.80. The molecule has 3 N–H and O–H groups in total. The average molecular weight is 304 g/mol. The molecule has 0 aromatic rings. The Labute approximate surface area is 120 Å². The second kappa shape index (κ2) is 4.96. The zero-order chi connectivity index (χ0) is 15.2. The summed E-state index contributed by atoms with van der Waals surface area (Å²) in [4.78, 5) is 12.4. The number of amides is 1. The number of nitrogens with two attached hydrogens (primary N) is 1. The van der Waals surface area contributed by atoms with Crippen LogP contribution >= 0.6 is 0 Å². The third-order valence-corrected chi connectivity index (χ3v) is 6.67. The molecule has 0 radical (unpaired) electrons. The lowest BCUT2D eigenvalue weighted by molar-refractivity contribution is -0.175. The lowest BCUT2D eigenvalue weighted by Gasteiger charge is -2.60. The van der Waals surface area contributed by atoms with Crippen LogP contribution in [-0.4, -0.2) is 50.6 Å². The molecule has 20 heavy (non-hydrogen) atoms. The minimum atomic E-state index is -3.08. The van der Waals surface area contributed by atoms with Crippen molar-refractivity contribution in [3.05, 3.63) is 0 Å². The normalized spacial score (nSPS) is 35.2. The Morgan fingerprint density at radius 3 is 2.70 bits per heavy atom. The first-order chi connectivity index (χ1) is 9.17. The highest BCUT2D eigenvalue weighted by Crippen LogP contribution is 2.58. The van der Waals surface area contributed by atoms with E-state index in [2.05, 4.69) is 5.32 Å². The minimum Gasteiger partial charge on any atom is -0.377 e. The Morgan fingerprint density at radius 2 is 2.10 bits per heavy atom. The number of carbonyl (C=O) groups excluding carboxylic acids is 1. The van der Waals surface area contributed by atoms with Gasteiger partial charge in [-0.1, -0.05) is 20.8 Å². The minimum absolute atomic E-state index is 0.0256. The van der Waals surface area contributed by atoms with E-state index < -0.39 is 20.8 Å². The maximum atomic E-state index is 12.4. The molecule has 0 aromatic heterocycles. The van der Waals surface area contributed by atoms with Gasteiger partial charge in [-0.2, -0.15) is 0 Å². The Morgan fingerprint density at radius 1 is 1.45 bits per heavy atom. The first-order valence-electron chi connectivity index (χ1n) is 7.06. The van der Waals surface area contributed by atoms with Crippen molar-refractivity contribution < 1.29 is 17.9 Å². The Bertz CT molecular complexity index is 503. The number of hydrogen-bond donors (Lipinski definition) is 2. The molecule has 0 bridgehead atoms. The average Bonchev–Trinajstić information content (AvgIpc) is 2.85. The fourth-order valence-corrected chi connectivity index (χ4v) is 4.16. The second-order valence-corrected chi connectivity index (χ2v) is 8.74. The fraction of sp³-hybridized carbons (Fsp3) is 0.923. The van der Waals surface area contributed by atoms with Crippen molar-refractivity contribution in [3.63, 3.8) is 0 Å². The van der Waals surface area contributed by atoms with Crippen LogP contribution in [0.1, 0.15) is 27.2 Å². The van der Waals surface area contributed by atoms with E-state index in [0.717, 1.165) is 6.42 Å². The van der Waals surface area contributed by atoms with Crippen LogP contribution in [0.2, 0.25) is 0 Å². The molecule has 3 unspecified atom stereocenters. The van der Waals surface area contributed by atoms with Gasteiger partial charge in [0.2, 0.25) is 5.91 Å². The molecule has 7 heteroatoms. The van der Waals surface area contributed by atoms with Crippen molar-refractivity contribution in [3.8, 4) is 0 Å². The molecule has 3 atom stereocenters. The van der Waals surface area contributed by atoms with Gasteiger partial charge in [-0.25, -0.2) is 8.42 Å². The number of rotatable bonds is 5. The van der Waals surface area contributed by atoms with Crippen LogP contribution in [0.15, 0.2) is 0 Å². The van der Waals surface area contributed by atoms with E-state index in [4.69, 9.17) is 10.5 Å². The van der Waals surface area contributed by atoms with Crippen molar-refractivity contribution >= 4 is 15.7 Å². The zero-order valence-electron chi connectivity index (χ0n) is 12.3. The van der Waals surface area contributed by atoms with Gasteiger partial charge in [-0.05, 0) is 6.42 Å². The van der Waals surface area contributed by atoms with E-state index in [-0.39, 0.29) is 36.0 Å². The summed E-state index contributed by atoms with van der Waals surface area (Å²) in [5.74, 6) is -0.197. The molecule has 0 spiro atoms. The van der Waals surface area contributed by atoms with Crippen LogP contribution in [0.4, 0.5) is 0 Å². The van der Waals surface area contributed by atoms with E-state index in [1.54, 1.807) is 6.92 Å². The van der Waals surface area contributed by atoms with Gasteiger partial charge in [0.1, 0.15) is 5.54 Å². The number of ether oxygens (including phenoxy) is 1. The molecule has 6 nitrogen and oxygen atoms in total. The molecule has 2 aliphatic rings. The van der Waals surface area contributed by atoms with Gasteiger partial charge in [0.05, 0.1) is 11.9 Å². The van der Waals surface area contributed by atoms with Gasteiger partial charge in [0.25, 0.3) is 0 Å². The Kier molecular flexibility index (Phi) is 3.90. The fourth-order valence-electron chi connectivity index (χ4n) is 3.46. The quantitative estimate of drug-likeness (QED) is 0.725. The molecule has 1 saturated heterocycles. The summed E-state index contributed by atoms with van der Waals surface area (Å²) in [5, 5.41) is 2.69. The van der Waals surface area contributed by atoms with Gasteiger partial charge in [-0.15, -0.1) is 0 Å². The van der Waals surface area contributed by atoms with Crippen molar-refractivity contribution in [1.29, 1.82) is 0 Å². The highest BCUT2D eigenvalue weighted by atomic mass is 32.2. The first kappa shape index (κ1) is 15.7. The molecule has 1 aliphatic carbocycles. The topological polar surface area (TPSA) is 98.5 Å². The molecule has 0 aromatic carbocycles. The van der Waals surface area contributed by atoms with Crippen LogP contribution < -0.4 is 11.1 Å². The Hall–Kier alpha value is -0.660. The summed E-state index contributed by atoms with van der Waals surface area (Å²) < 4.78 is 28.5. The third-order valence-electron chi connectivity index (χ3n) is 4.97. The number of carbonyl (C=O) groups is 1. The number of nitrogens with one attached hydrogen (secondary N) is 1. The summed E-state index contributed by atoms with van der Waals surface area (Å²) in [6.45, 7) is 6.21. The predicted octanol–water partition coefficient (Wildman–Crippen LogP) is -0.320. The molecular formula is C13H24N2O4S. The molecule has 2 rings (SSSR count). The van der Waals surface area contributed by atoms with Crippen molar-refractivity contribution in [2.45, 2.75) is 38.8 Å². The maximum Gasteiger partial charge on any atom is 0.241 e. The highest BCUT2D eigenvalue weighted by molar-refractivity contribution is 7.91. The van der Waals surface area contributed by atoms with E-state index in [1.165, 1.54) is 0 Å². The van der Waals surface area contributed by atoms with Crippen molar-refractivity contribution in [2.75, 3.05) is 24.7 Å². The molecule has 116 valence electrons. The molecular weight excluding hydrogens is 280 g/mol. The van der Waals surface area contributed by atoms with Gasteiger partial charge in [0.15, 0.2) is 9.84 Å². The smallest absolute Gasteiger partial charge is 0.241 e.